The number of aliphatic hydroxyl groups is 1. The number of hydrogen-bond donors (Lipinski definition) is 2. The summed E-state index contributed by atoms with van der Waals surface area (Å²) in [7, 11) is 0. The minimum absolute atomic E-state index is 0.176. The average molecular weight is 334 g/mol. The Morgan fingerprint density at radius 2 is 2.00 bits per heavy atom. The van der Waals surface area contributed by atoms with Gasteiger partial charge in [-0.25, -0.2) is 0 Å². The summed E-state index contributed by atoms with van der Waals surface area (Å²) in [5.41, 5.74) is 1.87. The highest BCUT2D eigenvalue weighted by Crippen LogP contribution is 2.27. The van der Waals surface area contributed by atoms with Crippen molar-refractivity contribution in [2.45, 2.75) is 77.2 Å². The van der Waals surface area contributed by atoms with Crippen LogP contribution >= 0.6 is 0 Å². The largest absolute Gasteiger partial charge is 0.481 e. The molecule has 1 atom stereocenters. The Bertz CT molecular complexity index is 500. The van der Waals surface area contributed by atoms with Crippen molar-refractivity contribution in [3.05, 3.63) is 35.5 Å². The van der Waals surface area contributed by atoms with Gasteiger partial charge in [-0.05, 0) is 37.7 Å². The molecule has 0 spiro atoms. The molecule has 4 heteroatoms. The fraction of sp³-hybridized carbons (Fsp3) is 0.600. The molecule has 0 heterocycles. The minimum atomic E-state index is -0.776. The van der Waals surface area contributed by atoms with Gasteiger partial charge in [0.1, 0.15) is 0 Å². The highest BCUT2D eigenvalue weighted by atomic mass is 16.4. The van der Waals surface area contributed by atoms with E-state index in [0.29, 0.717) is 19.3 Å². The van der Waals surface area contributed by atoms with E-state index in [9.17, 15) is 14.7 Å². The van der Waals surface area contributed by atoms with Gasteiger partial charge in [-0.15, -0.1) is 0 Å². The van der Waals surface area contributed by atoms with Gasteiger partial charge in [0, 0.05) is 18.4 Å². The van der Waals surface area contributed by atoms with Gasteiger partial charge in [-0.2, -0.15) is 0 Å². The predicted molar refractivity (Wildman–Crippen MR) is 95.8 cm³/mol. The molecule has 0 radical (unpaired) electrons. The number of aliphatic carboxylic acids is 1. The van der Waals surface area contributed by atoms with Gasteiger partial charge in [0.25, 0.3) is 0 Å². The molecule has 0 amide bonds. The fourth-order valence-electron chi connectivity index (χ4n) is 2.78. The van der Waals surface area contributed by atoms with E-state index in [1.54, 1.807) is 6.08 Å². The first-order valence-corrected chi connectivity index (χ1v) is 9.02. The summed E-state index contributed by atoms with van der Waals surface area (Å²) in [5.74, 6) is -0.590. The Kier molecular flexibility index (Phi) is 10.0. The molecular formula is C20H30O4. The maximum atomic E-state index is 12.0. The van der Waals surface area contributed by atoms with Crippen molar-refractivity contribution in [1.82, 2.24) is 0 Å². The van der Waals surface area contributed by atoms with Crippen molar-refractivity contribution in [3.8, 4) is 0 Å². The molecular weight excluding hydrogens is 304 g/mol. The number of carboxylic acids is 1. The van der Waals surface area contributed by atoms with Crippen LogP contribution in [0.25, 0.3) is 0 Å². The molecule has 0 unspecified atom stereocenters. The van der Waals surface area contributed by atoms with Crippen LogP contribution in [0.2, 0.25) is 0 Å². The van der Waals surface area contributed by atoms with Gasteiger partial charge in [-0.3, -0.25) is 9.59 Å². The van der Waals surface area contributed by atoms with Crippen molar-refractivity contribution < 1.29 is 19.8 Å². The van der Waals surface area contributed by atoms with Crippen LogP contribution in [-0.4, -0.2) is 28.1 Å². The number of carbonyl (C=O) groups excluding carboxylic acids is 1. The average Bonchev–Trinajstić information content (AvgIpc) is 2.89. The Morgan fingerprint density at radius 1 is 1.21 bits per heavy atom. The molecule has 0 aromatic rings. The van der Waals surface area contributed by atoms with Gasteiger partial charge in [0.2, 0.25) is 0 Å². The van der Waals surface area contributed by atoms with E-state index in [-0.39, 0.29) is 12.2 Å². The molecule has 4 nitrogen and oxygen atoms in total. The molecule has 0 bridgehead atoms. The molecule has 1 aliphatic carbocycles. The molecule has 0 fully saturated rings. The smallest absolute Gasteiger partial charge is 0.303 e. The first-order valence-electron chi connectivity index (χ1n) is 9.02. The summed E-state index contributed by atoms with van der Waals surface area (Å²) in [5, 5.41) is 18.5. The molecule has 0 aliphatic heterocycles. The third-order valence-corrected chi connectivity index (χ3v) is 4.22. The number of rotatable bonds is 12. The van der Waals surface area contributed by atoms with Crippen LogP contribution in [0.4, 0.5) is 0 Å². The fourth-order valence-corrected chi connectivity index (χ4v) is 2.78. The van der Waals surface area contributed by atoms with Gasteiger partial charge < -0.3 is 10.2 Å². The van der Waals surface area contributed by atoms with Gasteiger partial charge in [-0.1, -0.05) is 50.5 Å². The number of carboxylic acid groups (broad SMARTS) is 1. The number of Topliss-reactive ketones (excluding diaryl/α,β-unsaturated/α-hetero) is 1. The molecule has 0 aromatic carbocycles. The summed E-state index contributed by atoms with van der Waals surface area (Å²) in [6, 6.07) is 0. The van der Waals surface area contributed by atoms with Crippen molar-refractivity contribution in [2.24, 2.45) is 0 Å². The Morgan fingerprint density at radius 3 is 2.71 bits per heavy atom. The van der Waals surface area contributed by atoms with Crippen LogP contribution in [0, 0.1) is 0 Å². The van der Waals surface area contributed by atoms with E-state index < -0.39 is 12.1 Å². The van der Waals surface area contributed by atoms with Gasteiger partial charge in [0.05, 0.1) is 6.10 Å². The van der Waals surface area contributed by atoms with Crippen molar-refractivity contribution in [2.75, 3.05) is 0 Å². The van der Waals surface area contributed by atoms with Crippen molar-refractivity contribution >= 4 is 11.8 Å². The molecule has 1 aliphatic rings. The quantitative estimate of drug-likeness (QED) is 0.411. The summed E-state index contributed by atoms with van der Waals surface area (Å²) in [6.45, 7) is 2.14. The number of unbranched alkanes of at least 4 members (excludes halogenated alkanes) is 3. The minimum Gasteiger partial charge on any atom is -0.481 e. The van der Waals surface area contributed by atoms with Crippen LogP contribution in [0.3, 0.4) is 0 Å². The lowest BCUT2D eigenvalue weighted by atomic mass is 10.0. The van der Waals surface area contributed by atoms with E-state index in [1.807, 2.05) is 18.2 Å². The summed E-state index contributed by atoms with van der Waals surface area (Å²) < 4.78 is 0. The summed E-state index contributed by atoms with van der Waals surface area (Å²) >= 11 is 0. The molecule has 0 aromatic heterocycles. The van der Waals surface area contributed by atoms with Crippen LogP contribution in [0.1, 0.15) is 71.1 Å². The molecule has 1 rings (SSSR count). The second kappa shape index (κ2) is 11.8. The topological polar surface area (TPSA) is 74.6 Å². The monoisotopic (exact) mass is 334 g/mol. The Hall–Kier alpha value is -1.68. The summed E-state index contributed by atoms with van der Waals surface area (Å²) in [6.07, 6.45) is 14.6. The third-order valence-electron chi connectivity index (χ3n) is 4.22. The Labute approximate surface area is 145 Å². The SMILES string of the molecule is CCCCC[C@@H](O)C=CC1=C(CC=CCCCC(=O)O)C(=O)CC1. The predicted octanol–water partition coefficient (Wildman–Crippen LogP) is 4.34. The van der Waals surface area contributed by atoms with Crippen LogP contribution in [0.15, 0.2) is 35.5 Å². The summed E-state index contributed by atoms with van der Waals surface area (Å²) in [4.78, 5) is 22.4. The Balaban J connectivity index is 2.48. The number of aliphatic hydroxyl groups excluding tert-OH is 1. The van der Waals surface area contributed by atoms with Gasteiger partial charge >= 0.3 is 5.97 Å². The van der Waals surface area contributed by atoms with Crippen LogP contribution < -0.4 is 0 Å². The lowest BCUT2D eigenvalue weighted by Crippen LogP contribution is -2.01. The van der Waals surface area contributed by atoms with E-state index in [4.69, 9.17) is 5.11 Å². The normalized spacial score (nSPS) is 16.7. The number of hydrogen-bond acceptors (Lipinski definition) is 3. The lowest BCUT2D eigenvalue weighted by molar-refractivity contribution is -0.137. The maximum Gasteiger partial charge on any atom is 0.303 e. The highest BCUT2D eigenvalue weighted by molar-refractivity contribution is 5.99. The van der Waals surface area contributed by atoms with Crippen LogP contribution in [-0.2, 0) is 9.59 Å². The van der Waals surface area contributed by atoms with E-state index in [1.165, 1.54) is 0 Å². The molecule has 134 valence electrons. The molecule has 0 saturated heterocycles. The lowest BCUT2D eigenvalue weighted by Gasteiger charge is -2.05. The van der Waals surface area contributed by atoms with Crippen molar-refractivity contribution in [3.63, 3.8) is 0 Å². The number of carbonyl (C=O) groups is 2. The second-order valence-electron chi connectivity index (χ2n) is 6.31. The second-order valence-corrected chi connectivity index (χ2v) is 6.31. The van der Waals surface area contributed by atoms with E-state index >= 15 is 0 Å². The first kappa shape index (κ1) is 20.4. The number of ketones is 1. The first-order chi connectivity index (χ1) is 11.5. The van der Waals surface area contributed by atoms with Gasteiger partial charge in [0.15, 0.2) is 5.78 Å². The number of allylic oxidation sites excluding steroid dienone is 5. The zero-order chi connectivity index (χ0) is 17.8. The van der Waals surface area contributed by atoms with E-state index in [2.05, 4.69) is 6.92 Å². The maximum absolute atomic E-state index is 12.0. The van der Waals surface area contributed by atoms with Crippen molar-refractivity contribution in [1.29, 1.82) is 0 Å². The molecule has 0 saturated carbocycles. The molecule has 24 heavy (non-hydrogen) atoms. The third kappa shape index (κ3) is 8.25. The standard InChI is InChI=1S/C20H30O4/c1-2-3-6-9-17(21)14-12-16-13-15-19(22)18(16)10-7-4-5-8-11-20(23)24/h4,7,12,14,17,21H,2-3,5-6,8-11,13,15H2,1H3,(H,23,24)/t17-/m1/s1. The molecule has 2 N–H and O–H groups in total. The highest BCUT2D eigenvalue weighted by Gasteiger charge is 2.20. The zero-order valence-electron chi connectivity index (χ0n) is 14.7. The van der Waals surface area contributed by atoms with Crippen LogP contribution in [0.5, 0.6) is 0 Å². The van der Waals surface area contributed by atoms with E-state index in [0.717, 1.165) is 49.7 Å². The zero-order valence-corrected chi connectivity index (χ0v) is 14.7.